The third-order valence-corrected chi connectivity index (χ3v) is 2.79. The molecule has 0 aliphatic heterocycles. The Morgan fingerprint density at radius 1 is 1.15 bits per heavy atom. The summed E-state index contributed by atoms with van der Waals surface area (Å²) in [4.78, 5) is 10.9. The van der Waals surface area contributed by atoms with Crippen molar-refractivity contribution in [2.45, 2.75) is 25.7 Å². The SMILES string of the molecule is O=C(Cl)c1ccc2c(c1)CCCC2. The lowest BCUT2D eigenvalue weighted by Crippen LogP contribution is -2.03. The highest BCUT2D eigenvalue weighted by molar-refractivity contribution is 6.67. The summed E-state index contributed by atoms with van der Waals surface area (Å²) in [6.45, 7) is 0. The van der Waals surface area contributed by atoms with E-state index in [-0.39, 0.29) is 5.24 Å². The summed E-state index contributed by atoms with van der Waals surface area (Å²) < 4.78 is 0. The molecule has 0 saturated heterocycles. The maximum absolute atomic E-state index is 10.9. The first-order valence-corrected chi connectivity index (χ1v) is 4.97. The summed E-state index contributed by atoms with van der Waals surface area (Å²) in [6, 6.07) is 5.79. The number of rotatable bonds is 1. The highest BCUT2D eigenvalue weighted by Crippen LogP contribution is 2.22. The lowest BCUT2D eigenvalue weighted by Gasteiger charge is -2.15. The second kappa shape index (κ2) is 3.51. The van der Waals surface area contributed by atoms with Crippen LogP contribution in [0, 0.1) is 0 Å². The number of hydrogen-bond donors (Lipinski definition) is 0. The number of carbonyl (C=O) groups excluding carboxylic acids is 1. The minimum Gasteiger partial charge on any atom is -0.276 e. The lowest BCUT2D eigenvalue weighted by atomic mass is 9.91. The molecule has 1 aliphatic carbocycles. The van der Waals surface area contributed by atoms with E-state index in [0.717, 1.165) is 12.8 Å². The van der Waals surface area contributed by atoms with Crippen molar-refractivity contribution in [2.75, 3.05) is 0 Å². The van der Waals surface area contributed by atoms with Crippen LogP contribution in [0.25, 0.3) is 0 Å². The standard InChI is InChI=1S/C11H11ClO/c12-11(13)10-6-5-8-3-1-2-4-9(8)7-10/h5-7H,1-4H2. The molecule has 0 saturated carbocycles. The molecule has 1 nitrogen and oxygen atoms in total. The van der Waals surface area contributed by atoms with E-state index in [1.807, 2.05) is 18.2 Å². The van der Waals surface area contributed by atoms with Crippen molar-refractivity contribution < 1.29 is 4.79 Å². The molecule has 0 aromatic heterocycles. The molecular weight excluding hydrogens is 184 g/mol. The Morgan fingerprint density at radius 2 is 1.85 bits per heavy atom. The molecule has 1 aromatic rings. The largest absolute Gasteiger partial charge is 0.276 e. The van der Waals surface area contributed by atoms with Crippen LogP contribution in [0.2, 0.25) is 0 Å². The molecule has 13 heavy (non-hydrogen) atoms. The van der Waals surface area contributed by atoms with Crippen molar-refractivity contribution in [3.63, 3.8) is 0 Å². The van der Waals surface area contributed by atoms with Gasteiger partial charge in [-0.15, -0.1) is 0 Å². The van der Waals surface area contributed by atoms with Gasteiger partial charge in [-0.25, -0.2) is 0 Å². The second-order valence-electron chi connectivity index (χ2n) is 3.46. The van der Waals surface area contributed by atoms with Gasteiger partial charge in [-0.05, 0) is 60.5 Å². The van der Waals surface area contributed by atoms with Crippen LogP contribution in [-0.4, -0.2) is 5.24 Å². The average Bonchev–Trinajstić information content (AvgIpc) is 2.17. The van der Waals surface area contributed by atoms with Crippen molar-refractivity contribution in [2.24, 2.45) is 0 Å². The van der Waals surface area contributed by atoms with E-state index < -0.39 is 0 Å². The van der Waals surface area contributed by atoms with Gasteiger partial charge in [0.1, 0.15) is 0 Å². The number of fused-ring (bicyclic) bond motifs is 1. The van der Waals surface area contributed by atoms with E-state index in [0.29, 0.717) is 5.56 Å². The topological polar surface area (TPSA) is 17.1 Å². The van der Waals surface area contributed by atoms with E-state index in [9.17, 15) is 4.79 Å². The van der Waals surface area contributed by atoms with Crippen LogP contribution in [0.3, 0.4) is 0 Å². The lowest BCUT2D eigenvalue weighted by molar-refractivity contribution is 0.108. The number of hydrogen-bond acceptors (Lipinski definition) is 1. The molecule has 0 heterocycles. The first-order chi connectivity index (χ1) is 6.27. The van der Waals surface area contributed by atoms with Gasteiger partial charge in [0.2, 0.25) is 0 Å². The Kier molecular flexibility index (Phi) is 2.36. The first-order valence-electron chi connectivity index (χ1n) is 4.59. The molecule has 2 heteroatoms. The van der Waals surface area contributed by atoms with Crippen LogP contribution in [0.5, 0.6) is 0 Å². The molecule has 1 aliphatic rings. The summed E-state index contributed by atoms with van der Waals surface area (Å²) in [6.07, 6.45) is 4.73. The normalized spacial score (nSPS) is 15.2. The summed E-state index contributed by atoms with van der Waals surface area (Å²) in [7, 11) is 0. The molecule has 0 bridgehead atoms. The Balaban J connectivity index is 2.40. The number of benzene rings is 1. The Bertz CT molecular complexity index is 344. The maximum Gasteiger partial charge on any atom is 0.252 e. The zero-order valence-electron chi connectivity index (χ0n) is 7.35. The molecule has 0 N–H and O–H groups in total. The molecule has 0 radical (unpaired) electrons. The minimum atomic E-state index is -0.353. The summed E-state index contributed by atoms with van der Waals surface area (Å²) in [5, 5.41) is -0.353. The Labute approximate surface area is 82.7 Å². The van der Waals surface area contributed by atoms with E-state index in [1.54, 1.807) is 0 Å². The van der Waals surface area contributed by atoms with E-state index in [4.69, 9.17) is 11.6 Å². The van der Waals surface area contributed by atoms with Crippen LogP contribution in [0.1, 0.15) is 34.3 Å². The molecule has 1 aromatic carbocycles. The van der Waals surface area contributed by atoms with Crippen molar-refractivity contribution >= 4 is 16.8 Å². The molecule has 0 spiro atoms. The van der Waals surface area contributed by atoms with Crippen molar-refractivity contribution in [1.82, 2.24) is 0 Å². The first kappa shape index (κ1) is 8.76. The number of halogens is 1. The van der Waals surface area contributed by atoms with Gasteiger partial charge in [0, 0.05) is 5.56 Å². The summed E-state index contributed by atoms with van der Waals surface area (Å²) >= 11 is 5.41. The molecule has 0 amide bonds. The van der Waals surface area contributed by atoms with Gasteiger partial charge >= 0.3 is 0 Å². The van der Waals surface area contributed by atoms with Crippen molar-refractivity contribution in [3.8, 4) is 0 Å². The molecule has 68 valence electrons. The van der Waals surface area contributed by atoms with Gasteiger partial charge in [0.15, 0.2) is 0 Å². The zero-order valence-corrected chi connectivity index (χ0v) is 8.10. The monoisotopic (exact) mass is 194 g/mol. The molecule has 0 atom stereocenters. The maximum atomic E-state index is 10.9. The van der Waals surface area contributed by atoms with Gasteiger partial charge in [0.05, 0.1) is 0 Å². The number of carbonyl (C=O) groups is 1. The molecule has 0 fully saturated rings. The zero-order chi connectivity index (χ0) is 9.26. The number of aryl methyl sites for hydroxylation is 2. The fourth-order valence-corrected chi connectivity index (χ4v) is 1.97. The van der Waals surface area contributed by atoms with Crippen molar-refractivity contribution in [1.29, 1.82) is 0 Å². The van der Waals surface area contributed by atoms with E-state index in [2.05, 4.69) is 0 Å². The summed E-state index contributed by atoms with van der Waals surface area (Å²) in [5.74, 6) is 0. The van der Waals surface area contributed by atoms with Crippen LogP contribution in [0.4, 0.5) is 0 Å². The average molecular weight is 195 g/mol. The quantitative estimate of drug-likeness (QED) is 0.629. The highest BCUT2D eigenvalue weighted by Gasteiger charge is 2.11. The van der Waals surface area contributed by atoms with E-state index in [1.165, 1.54) is 24.0 Å². The fourth-order valence-electron chi connectivity index (χ4n) is 1.86. The van der Waals surface area contributed by atoms with Crippen LogP contribution >= 0.6 is 11.6 Å². The van der Waals surface area contributed by atoms with Crippen LogP contribution in [-0.2, 0) is 12.8 Å². The third kappa shape index (κ3) is 1.75. The smallest absolute Gasteiger partial charge is 0.252 e. The van der Waals surface area contributed by atoms with Gasteiger partial charge in [-0.3, -0.25) is 4.79 Å². The highest BCUT2D eigenvalue weighted by atomic mass is 35.5. The molecule has 2 rings (SSSR count). The second-order valence-corrected chi connectivity index (χ2v) is 3.81. The predicted molar refractivity (Wildman–Crippen MR) is 53.3 cm³/mol. The fraction of sp³-hybridized carbons (Fsp3) is 0.364. The van der Waals surface area contributed by atoms with E-state index >= 15 is 0 Å². The predicted octanol–water partition coefficient (Wildman–Crippen LogP) is 2.94. The summed E-state index contributed by atoms with van der Waals surface area (Å²) in [5.41, 5.74) is 3.31. The molecular formula is C11H11ClO. The van der Waals surface area contributed by atoms with Crippen LogP contribution < -0.4 is 0 Å². The minimum absolute atomic E-state index is 0.353. The Morgan fingerprint density at radius 3 is 2.54 bits per heavy atom. The van der Waals surface area contributed by atoms with Gasteiger partial charge in [0.25, 0.3) is 5.24 Å². The van der Waals surface area contributed by atoms with Gasteiger partial charge < -0.3 is 0 Å². The van der Waals surface area contributed by atoms with Crippen LogP contribution in [0.15, 0.2) is 18.2 Å². The van der Waals surface area contributed by atoms with Crippen molar-refractivity contribution in [3.05, 3.63) is 34.9 Å². The molecule has 0 unspecified atom stereocenters. The Hall–Kier alpha value is -0.820. The van der Waals surface area contributed by atoms with Gasteiger partial charge in [-0.2, -0.15) is 0 Å². The third-order valence-electron chi connectivity index (χ3n) is 2.58. The van der Waals surface area contributed by atoms with Gasteiger partial charge in [-0.1, -0.05) is 6.07 Å².